The van der Waals surface area contributed by atoms with Crippen molar-refractivity contribution in [2.45, 2.75) is 53.5 Å². The zero-order valence-corrected chi connectivity index (χ0v) is 10.1. The molecule has 1 heterocycles. The van der Waals surface area contributed by atoms with E-state index in [0.29, 0.717) is 6.42 Å². The van der Waals surface area contributed by atoms with Crippen molar-refractivity contribution >= 4 is 5.78 Å². The first-order valence-electron chi connectivity index (χ1n) is 5.81. The topological polar surface area (TPSA) is 34.9 Å². The average molecular weight is 208 g/mol. The highest BCUT2D eigenvalue weighted by atomic mass is 16.1. The van der Waals surface area contributed by atoms with E-state index < -0.39 is 0 Å². The number of nitrogens with zero attached hydrogens (tertiary/aromatic N) is 2. The predicted molar refractivity (Wildman–Crippen MR) is 61.3 cm³/mol. The molecular formula is C12H20N2O. The molecule has 0 saturated heterocycles. The van der Waals surface area contributed by atoms with Crippen molar-refractivity contribution in [1.29, 1.82) is 0 Å². The Labute approximate surface area is 91.5 Å². The van der Waals surface area contributed by atoms with Crippen LogP contribution < -0.4 is 0 Å². The van der Waals surface area contributed by atoms with Gasteiger partial charge in [0.25, 0.3) is 0 Å². The van der Waals surface area contributed by atoms with Crippen LogP contribution in [0.3, 0.4) is 0 Å². The van der Waals surface area contributed by atoms with E-state index in [0.717, 1.165) is 36.3 Å². The normalized spacial score (nSPS) is 10.7. The summed E-state index contributed by atoms with van der Waals surface area (Å²) in [5.41, 5.74) is 2.94. The van der Waals surface area contributed by atoms with Gasteiger partial charge in [0.05, 0.1) is 11.3 Å². The Morgan fingerprint density at radius 2 is 1.87 bits per heavy atom. The summed E-state index contributed by atoms with van der Waals surface area (Å²) in [6, 6.07) is 0. The van der Waals surface area contributed by atoms with Crippen molar-refractivity contribution < 1.29 is 4.79 Å². The van der Waals surface area contributed by atoms with Gasteiger partial charge in [0, 0.05) is 18.7 Å². The third kappa shape index (κ3) is 2.11. The average Bonchev–Trinajstić information content (AvgIpc) is 2.65. The van der Waals surface area contributed by atoms with E-state index in [4.69, 9.17) is 0 Å². The molecule has 0 radical (unpaired) electrons. The summed E-state index contributed by atoms with van der Waals surface area (Å²) in [4.78, 5) is 11.8. The lowest BCUT2D eigenvalue weighted by Gasteiger charge is -2.03. The van der Waals surface area contributed by atoms with E-state index in [1.165, 1.54) is 0 Å². The lowest BCUT2D eigenvalue weighted by molar-refractivity contribution is 0.0986. The second kappa shape index (κ2) is 5.10. The molecule has 0 aliphatic rings. The van der Waals surface area contributed by atoms with Crippen LogP contribution in [0.1, 0.15) is 55.9 Å². The van der Waals surface area contributed by atoms with Gasteiger partial charge in [-0.1, -0.05) is 20.8 Å². The molecular weight excluding hydrogens is 188 g/mol. The van der Waals surface area contributed by atoms with Crippen LogP contribution >= 0.6 is 0 Å². The number of rotatable bonds is 5. The van der Waals surface area contributed by atoms with Crippen LogP contribution in [-0.2, 0) is 19.4 Å². The van der Waals surface area contributed by atoms with Gasteiger partial charge >= 0.3 is 0 Å². The second-order valence-corrected chi connectivity index (χ2v) is 3.57. The lowest BCUT2D eigenvalue weighted by Crippen LogP contribution is -2.06. The number of carbonyl (C=O) groups is 1. The maximum absolute atomic E-state index is 11.8. The summed E-state index contributed by atoms with van der Waals surface area (Å²) in [5.74, 6) is 0.225. The molecule has 0 bridgehead atoms. The van der Waals surface area contributed by atoms with Crippen molar-refractivity contribution in [2.75, 3.05) is 0 Å². The van der Waals surface area contributed by atoms with Crippen LogP contribution in [-0.4, -0.2) is 15.6 Å². The lowest BCUT2D eigenvalue weighted by atomic mass is 10.0. The summed E-state index contributed by atoms with van der Waals surface area (Å²) in [7, 11) is 0. The van der Waals surface area contributed by atoms with E-state index in [1.54, 1.807) is 0 Å². The Bertz CT molecular complexity index is 353. The van der Waals surface area contributed by atoms with Crippen LogP contribution in [0.5, 0.6) is 0 Å². The Morgan fingerprint density at radius 3 is 2.27 bits per heavy atom. The number of aromatic nitrogens is 2. The molecule has 0 spiro atoms. The van der Waals surface area contributed by atoms with Crippen molar-refractivity contribution in [1.82, 2.24) is 9.78 Å². The van der Waals surface area contributed by atoms with E-state index in [-0.39, 0.29) is 5.78 Å². The minimum Gasteiger partial charge on any atom is -0.294 e. The highest BCUT2D eigenvalue weighted by Crippen LogP contribution is 2.18. The molecule has 0 atom stereocenters. The fourth-order valence-corrected chi connectivity index (χ4v) is 1.92. The Hall–Kier alpha value is -1.12. The van der Waals surface area contributed by atoms with Gasteiger partial charge in [-0.3, -0.25) is 9.48 Å². The van der Waals surface area contributed by atoms with Crippen LogP contribution in [0.25, 0.3) is 0 Å². The number of hydrogen-bond acceptors (Lipinski definition) is 2. The van der Waals surface area contributed by atoms with Gasteiger partial charge in [0.1, 0.15) is 0 Å². The third-order valence-electron chi connectivity index (χ3n) is 2.70. The van der Waals surface area contributed by atoms with Crippen LogP contribution in [0.15, 0.2) is 0 Å². The molecule has 84 valence electrons. The maximum atomic E-state index is 11.8. The largest absolute Gasteiger partial charge is 0.294 e. The smallest absolute Gasteiger partial charge is 0.166 e. The highest BCUT2D eigenvalue weighted by Gasteiger charge is 2.19. The van der Waals surface area contributed by atoms with E-state index in [9.17, 15) is 4.79 Å². The molecule has 0 aliphatic carbocycles. The second-order valence-electron chi connectivity index (χ2n) is 3.57. The molecule has 0 saturated carbocycles. The van der Waals surface area contributed by atoms with Gasteiger partial charge in [-0.25, -0.2) is 0 Å². The molecule has 0 fully saturated rings. The Balaban J connectivity index is 3.30. The molecule has 0 aliphatic heterocycles. The molecule has 0 aromatic carbocycles. The molecule has 0 unspecified atom stereocenters. The quantitative estimate of drug-likeness (QED) is 0.697. The standard InChI is InChI=1S/C12H20N2O/c1-5-9-12(11(15)7-3)10(6-2)14(8-4)13-9/h5-8H2,1-4H3. The molecule has 0 N–H and O–H groups in total. The number of carbonyl (C=O) groups excluding carboxylic acids is 1. The van der Waals surface area contributed by atoms with E-state index in [1.807, 2.05) is 18.5 Å². The maximum Gasteiger partial charge on any atom is 0.166 e. The number of aryl methyl sites for hydroxylation is 2. The molecule has 1 rings (SSSR count). The van der Waals surface area contributed by atoms with Crippen molar-refractivity contribution in [2.24, 2.45) is 0 Å². The van der Waals surface area contributed by atoms with Gasteiger partial charge in [-0.15, -0.1) is 0 Å². The molecule has 3 heteroatoms. The van der Waals surface area contributed by atoms with Crippen LogP contribution in [0.4, 0.5) is 0 Å². The van der Waals surface area contributed by atoms with Crippen molar-refractivity contribution in [3.63, 3.8) is 0 Å². The fourth-order valence-electron chi connectivity index (χ4n) is 1.92. The number of Topliss-reactive ketones (excluding diaryl/α,β-unsaturated/α-hetero) is 1. The molecule has 15 heavy (non-hydrogen) atoms. The first-order valence-corrected chi connectivity index (χ1v) is 5.81. The predicted octanol–water partition coefficient (Wildman–Crippen LogP) is 2.62. The van der Waals surface area contributed by atoms with Crippen molar-refractivity contribution in [3.05, 3.63) is 17.0 Å². The zero-order valence-electron chi connectivity index (χ0n) is 10.1. The van der Waals surface area contributed by atoms with Gasteiger partial charge in [-0.05, 0) is 19.8 Å². The van der Waals surface area contributed by atoms with E-state index in [2.05, 4.69) is 18.9 Å². The summed E-state index contributed by atoms with van der Waals surface area (Å²) < 4.78 is 1.96. The zero-order chi connectivity index (χ0) is 11.4. The van der Waals surface area contributed by atoms with Gasteiger partial charge in [0.15, 0.2) is 5.78 Å². The summed E-state index contributed by atoms with van der Waals surface area (Å²) in [6.07, 6.45) is 2.28. The highest BCUT2D eigenvalue weighted by molar-refractivity contribution is 5.98. The van der Waals surface area contributed by atoms with E-state index >= 15 is 0 Å². The Morgan fingerprint density at radius 1 is 1.20 bits per heavy atom. The fraction of sp³-hybridized carbons (Fsp3) is 0.667. The Kier molecular flexibility index (Phi) is 4.06. The summed E-state index contributed by atoms with van der Waals surface area (Å²) >= 11 is 0. The molecule has 1 aromatic rings. The van der Waals surface area contributed by atoms with Gasteiger partial charge in [-0.2, -0.15) is 5.10 Å². The molecule has 3 nitrogen and oxygen atoms in total. The number of ketones is 1. The van der Waals surface area contributed by atoms with Crippen molar-refractivity contribution in [3.8, 4) is 0 Å². The first kappa shape index (κ1) is 12.0. The third-order valence-corrected chi connectivity index (χ3v) is 2.70. The first-order chi connectivity index (χ1) is 7.19. The number of hydrogen-bond donors (Lipinski definition) is 0. The minimum absolute atomic E-state index is 0.225. The molecule has 0 amide bonds. The molecule has 1 aromatic heterocycles. The summed E-state index contributed by atoms with van der Waals surface area (Å²) in [6.45, 7) is 8.94. The van der Waals surface area contributed by atoms with Gasteiger partial charge < -0.3 is 0 Å². The van der Waals surface area contributed by atoms with Gasteiger partial charge in [0.2, 0.25) is 0 Å². The van der Waals surface area contributed by atoms with Crippen LogP contribution in [0, 0.1) is 0 Å². The SMILES string of the molecule is CCC(=O)c1c(CC)nn(CC)c1CC. The minimum atomic E-state index is 0.225. The monoisotopic (exact) mass is 208 g/mol. The van der Waals surface area contributed by atoms with Crippen LogP contribution in [0.2, 0.25) is 0 Å². The summed E-state index contributed by atoms with van der Waals surface area (Å²) in [5, 5.41) is 4.48.